The van der Waals surface area contributed by atoms with Gasteiger partial charge in [0.05, 0.1) is 16.8 Å². The van der Waals surface area contributed by atoms with Crippen molar-refractivity contribution in [2.75, 3.05) is 10.2 Å². The molecule has 0 bridgehead atoms. The van der Waals surface area contributed by atoms with Gasteiger partial charge in [0.1, 0.15) is 12.1 Å². The topological polar surface area (TPSA) is 96.2 Å². The van der Waals surface area contributed by atoms with Crippen LogP contribution >= 0.6 is 0 Å². The quantitative estimate of drug-likeness (QED) is 0.636. The molecular formula is C20H22N6O2. The Bertz CT molecular complexity index is 1100. The van der Waals surface area contributed by atoms with Gasteiger partial charge >= 0.3 is 0 Å². The predicted molar refractivity (Wildman–Crippen MR) is 109 cm³/mol. The van der Waals surface area contributed by atoms with E-state index in [1.807, 2.05) is 30.9 Å². The number of nitrogens with one attached hydrogen (secondary N) is 1. The number of aromatic nitrogens is 4. The molecule has 28 heavy (non-hydrogen) atoms. The zero-order chi connectivity index (χ0) is 20.4. The highest BCUT2D eigenvalue weighted by Crippen LogP contribution is 2.23. The lowest BCUT2D eigenvalue weighted by Crippen LogP contribution is -2.20. The third-order valence-electron chi connectivity index (χ3n) is 4.25. The third kappa shape index (κ3) is 3.57. The van der Waals surface area contributed by atoms with Gasteiger partial charge in [0.25, 0.3) is 5.56 Å². The SMILES string of the molecule is C=C(C)N(C(=C)C)c1ccc(CNc2cc(=O)n(O)c3ncnc(C)c23)cn1. The van der Waals surface area contributed by atoms with Crippen molar-refractivity contribution in [1.82, 2.24) is 19.7 Å². The van der Waals surface area contributed by atoms with Crippen molar-refractivity contribution in [3.63, 3.8) is 0 Å². The fraction of sp³-hybridized carbons (Fsp3) is 0.200. The van der Waals surface area contributed by atoms with Crippen LogP contribution in [-0.4, -0.2) is 24.9 Å². The van der Waals surface area contributed by atoms with Gasteiger partial charge < -0.3 is 15.4 Å². The van der Waals surface area contributed by atoms with Crippen molar-refractivity contribution in [2.24, 2.45) is 0 Å². The zero-order valence-corrected chi connectivity index (χ0v) is 16.1. The van der Waals surface area contributed by atoms with Crippen LogP contribution in [0.15, 0.2) is 60.1 Å². The maximum absolute atomic E-state index is 12.0. The summed E-state index contributed by atoms with van der Waals surface area (Å²) in [5, 5.41) is 13.7. The van der Waals surface area contributed by atoms with Crippen molar-refractivity contribution >= 4 is 22.5 Å². The van der Waals surface area contributed by atoms with Gasteiger partial charge in [-0.25, -0.2) is 15.0 Å². The molecule has 0 aliphatic heterocycles. The predicted octanol–water partition coefficient (Wildman–Crippen LogP) is 3.22. The first-order chi connectivity index (χ1) is 13.3. The van der Waals surface area contributed by atoms with E-state index in [1.54, 1.807) is 13.1 Å². The van der Waals surface area contributed by atoms with E-state index in [2.05, 4.69) is 33.4 Å². The third-order valence-corrected chi connectivity index (χ3v) is 4.25. The Labute approximate surface area is 162 Å². The number of rotatable bonds is 6. The molecule has 8 heteroatoms. The van der Waals surface area contributed by atoms with E-state index in [0.717, 1.165) is 22.8 Å². The Morgan fingerprint density at radius 1 is 1.21 bits per heavy atom. The largest absolute Gasteiger partial charge is 0.423 e. The fourth-order valence-electron chi connectivity index (χ4n) is 3.01. The maximum atomic E-state index is 12.0. The van der Waals surface area contributed by atoms with E-state index in [0.29, 0.717) is 28.0 Å². The Morgan fingerprint density at radius 3 is 2.54 bits per heavy atom. The summed E-state index contributed by atoms with van der Waals surface area (Å²) in [5.74, 6) is 0.737. The van der Waals surface area contributed by atoms with E-state index in [4.69, 9.17) is 0 Å². The lowest BCUT2D eigenvalue weighted by atomic mass is 10.2. The number of anilines is 2. The van der Waals surface area contributed by atoms with Crippen molar-refractivity contribution in [3.8, 4) is 0 Å². The highest BCUT2D eigenvalue weighted by molar-refractivity contribution is 5.90. The minimum absolute atomic E-state index is 0.162. The fourth-order valence-corrected chi connectivity index (χ4v) is 3.01. The second kappa shape index (κ2) is 7.51. The molecule has 3 heterocycles. The molecule has 3 rings (SSSR count). The second-order valence-corrected chi connectivity index (χ2v) is 6.55. The molecule has 0 aliphatic rings. The summed E-state index contributed by atoms with van der Waals surface area (Å²) in [6, 6.07) is 5.15. The molecule has 3 aromatic heterocycles. The molecule has 8 nitrogen and oxygen atoms in total. The summed E-state index contributed by atoms with van der Waals surface area (Å²) >= 11 is 0. The van der Waals surface area contributed by atoms with Crippen LogP contribution in [0.3, 0.4) is 0 Å². The number of hydrogen-bond acceptors (Lipinski definition) is 7. The van der Waals surface area contributed by atoms with Crippen LogP contribution in [0.1, 0.15) is 25.1 Å². The Kier molecular flexibility index (Phi) is 5.12. The standard InChI is InChI=1S/C20H22N6O2/c1-12(2)25(13(3)4)17-7-6-15(10-22-17)9-21-16-8-18(27)26(28)20-19(16)14(5)23-11-24-20/h6-8,10-11,21,28H,1,3,9H2,2,4-5H3. The Hall–Kier alpha value is -3.68. The number of pyridine rings is 2. The Morgan fingerprint density at radius 2 is 1.93 bits per heavy atom. The van der Waals surface area contributed by atoms with Gasteiger partial charge in [0, 0.05) is 30.2 Å². The highest BCUT2D eigenvalue weighted by atomic mass is 16.5. The van der Waals surface area contributed by atoms with Crippen LogP contribution in [0.25, 0.3) is 11.0 Å². The molecule has 0 aliphatic carbocycles. The first-order valence-corrected chi connectivity index (χ1v) is 8.66. The van der Waals surface area contributed by atoms with Crippen LogP contribution in [-0.2, 0) is 6.54 Å². The molecule has 0 fully saturated rings. The van der Waals surface area contributed by atoms with E-state index in [9.17, 15) is 10.0 Å². The van der Waals surface area contributed by atoms with Gasteiger partial charge in [-0.15, -0.1) is 4.73 Å². The summed E-state index contributed by atoms with van der Waals surface area (Å²) in [7, 11) is 0. The monoisotopic (exact) mass is 378 g/mol. The molecule has 0 amide bonds. The molecule has 0 saturated carbocycles. The smallest absolute Gasteiger partial charge is 0.286 e. The normalized spacial score (nSPS) is 10.7. The van der Waals surface area contributed by atoms with Crippen molar-refractivity contribution < 1.29 is 5.21 Å². The molecule has 0 spiro atoms. The summed E-state index contributed by atoms with van der Waals surface area (Å²) in [5.41, 5.74) is 3.38. The summed E-state index contributed by atoms with van der Waals surface area (Å²) < 4.78 is 0.523. The molecule has 144 valence electrons. The number of fused-ring (bicyclic) bond motifs is 1. The van der Waals surface area contributed by atoms with Crippen molar-refractivity contribution in [1.29, 1.82) is 0 Å². The van der Waals surface area contributed by atoms with Gasteiger partial charge in [0.2, 0.25) is 0 Å². The van der Waals surface area contributed by atoms with Gasteiger partial charge in [-0.2, -0.15) is 0 Å². The second-order valence-electron chi connectivity index (χ2n) is 6.55. The van der Waals surface area contributed by atoms with Crippen LogP contribution in [0.5, 0.6) is 0 Å². The number of hydrogen-bond donors (Lipinski definition) is 2. The Balaban J connectivity index is 1.87. The van der Waals surface area contributed by atoms with E-state index in [-0.39, 0.29) is 5.65 Å². The average molecular weight is 378 g/mol. The van der Waals surface area contributed by atoms with E-state index in [1.165, 1.54) is 12.4 Å². The zero-order valence-electron chi connectivity index (χ0n) is 16.1. The molecule has 0 radical (unpaired) electrons. The first kappa shape index (κ1) is 19.1. The molecule has 0 aromatic carbocycles. The van der Waals surface area contributed by atoms with Gasteiger partial charge in [-0.1, -0.05) is 19.2 Å². The summed E-state index contributed by atoms with van der Waals surface area (Å²) in [6.07, 6.45) is 3.06. The van der Waals surface area contributed by atoms with Crippen LogP contribution in [0, 0.1) is 6.92 Å². The number of nitrogens with zero attached hydrogens (tertiary/aromatic N) is 5. The molecule has 0 saturated heterocycles. The molecule has 0 unspecified atom stereocenters. The molecule has 0 atom stereocenters. The van der Waals surface area contributed by atoms with Crippen LogP contribution < -0.4 is 15.8 Å². The van der Waals surface area contributed by atoms with Gasteiger partial charge in [0.15, 0.2) is 5.65 Å². The van der Waals surface area contributed by atoms with Crippen LogP contribution in [0.2, 0.25) is 0 Å². The number of aryl methyl sites for hydroxylation is 1. The average Bonchev–Trinajstić information content (AvgIpc) is 2.64. The molecular weight excluding hydrogens is 356 g/mol. The van der Waals surface area contributed by atoms with Gasteiger partial charge in [-0.05, 0) is 32.4 Å². The molecule has 3 aromatic rings. The van der Waals surface area contributed by atoms with Crippen molar-refractivity contribution in [3.05, 3.63) is 76.9 Å². The van der Waals surface area contributed by atoms with Gasteiger partial charge in [-0.3, -0.25) is 4.79 Å². The number of allylic oxidation sites excluding steroid dienone is 2. The lowest BCUT2D eigenvalue weighted by molar-refractivity contribution is 0.186. The van der Waals surface area contributed by atoms with Crippen molar-refractivity contribution in [2.45, 2.75) is 27.3 Å². The lowest BCUT2D eigenvalue weighted by Gasteiger charge is -2.23. The van der Waals surface area contributed by atoms with Crippen LogP contribution in [0.4, 0.5) is 11.5 Å². The maximum Gasteiger partial charge on any atom is 0.286 e. The minimum Gasteiger partial charge on any atom is -0.423 e. The first-order valence-electron chi connectivity index (χ1n) is 8.66. The summed E-state index contributed by atoms with van der Waals surface area (Å²) in [6.45, 7) is 13.9. The van der Waals surface area contributed by atoms with E-state index < -0.39 is 5.56 Å². The summed E-state index contributed by atoms with van der Waals surface area (Å²) in [4.78, 5) is 26.5. The highest BCUT2D eigenvalue weighted by Gasteiger charge is 2.13. The molecule has 2 N–H and O–H groups in total. The minimum atomic E-state index is -0.569. The van der Waals surface area contributed by atoms with E-state index >= 15 is 0 Å².